The molecule has 0 aliphatic rings. The van der Waals surface area contributed by atoms with E-state index in [4.69, 9.17) is 4.74 Å². The SMILES string of the molecule is CCCCNC(=O)C(c1ccc(O)cc1)N(C(=O)C(Cc1ccccc1)NC(=O)OC(C)(C)C)C(C)CC. The van der Waals surface area contributed by atoms with Crippen LogP contribution < -0.4 is 10.6 Å². The molecule has 3 unspecified atom stereocenters. The van der Waals surface area contributed by atoms with Gasteiger partial charge in [-0.2, -0.15) is 0 Å². The van der Waals surface area contributed by atoms with Crippen molar-refractivity contribution < 1.29 is 24.2 Å². The second-order valence-electron chi connectivity index (χ2n) is 10.5. The number of aromatic hydroxyl groups is 1. The van der Waals surface area contributed by atoms with Crippen molar-refractivity contribution in [2.75, 3.05) is 6.54 Å². The number of carbonyl (C=O) groups is 3. The third-order valence-corrected chi connectivity index (χ3v) is 6.16. The lowest BCUT2D eigenvalue weighted by molar-refractivity contribution is -0.145. The number of phenolic OH excluding ortho intramolecular Hbond substituents is 1. The van der Waals surface area contributed by atoms with Crippen molar-refractivity contribution in [1.29, 1.82) is 0 Å². The standard InChI is InChI=1S/C30H43N3O5/c1-7-9-19-31-27(35)26(23-15-17-24(34)18-16-23)33(21(3)8-2)28(36)25(20-22-13-11-10-12-14-22)32-29(37)38-30(4,5)6/h10-18,21,25-26,34H,7-9,19-20H2,1-6H3,(H,31,35)(H,32,37). The summed E-state index contributed by atoms with van der Waals surface area (Å²) in [5, 5.41) is 15.6. The number of benzene rings is 2. The molecule has 0 heterocycles. The van der Waals surface area contributed by atoms with Crippen LogP contribution in [-0.2, 0) is 20.7 Å². The number of hydrogen-bond acceptors (Lipinski definition) is 5. The first kappa shape index (κ1) is 30.7. The van der Waals surface area contributed by atoms with E-state index in [1.807, 2.05) is 51.1 Å². The summed E-state index contributed by atoms with van der Waals surface area (Å²) >= 11 is 0. The van der Waals surface area contributed by atoms with Gasteiger partial charge in [0.2, 0.25) is 11.8 Å². The third kappa shape index (κ3) is 9.39. The van der Waals surface area contributed by atoms with E-state index in [0.717, 1.165) is 18.4 Å². The minimum atomic E-state index is -0.968. The molecule has 0 aliphatic carbocycles. The molecule has 8 nitrogen and oxygen atoms in total. The number of phenols is 1. The van der Waals surface area contributed by atoms with E-state index in [2.05, 4.69) is 10.6 Å². The van der Waals surface area contributed by atoms with Crippen molar-refractivity contribution in [3.63, 3.8) is 0 Å². The quantitative estimate of drug-likeness (QED) is 0.334. The number of amides is 3. The van der Waals surface area contributed by atoms with E-state index in [0.29, 0.717) is 18.5 Å². The molecule has 0 spiro atoms. The highest BCUT2D eigenvalue weighted by Gasteiger charge is 2.38. The molecule has 3 atom stereocenters. The number of hydrogen-bond donors (Lipinski definition) is 3. The smallest absolute Gasteiger partial charge is 0.408 e. The van der Waals surface area contributed by atoms with Gasteiger partial charge in [0.05, 0.1) is 0 Å². The van der Waals surface area contributed by atoms with Gasteiger partial charge in [-0.05, 0) is 63.8 Å². The predicted molar refractivity (Wildman–Crippen MR) is 149 cm³/mol. The normalized spacial score (nSPS) is 13.6. The molecule has 208 valence electrons. The van der Waals surface area contributed by atoms with Crippen molar-refractivity contribution in [2.45, 2.75) is 91.0 Å². The summed E-state index contributed by atoms with van der Waals surface area (Å²) in [6, 6.07) is 13.5. The Balaban J connectivity index is 2.53. The van der Waals surface area contributed by atoms with Gasteiger partial charge in [0, 0.05) is 19.0 Å². The summed E-state index contributed by atoms with van der Waals surface area (Å²) < 4.78 is 5.47. The van der Waals surface area contributed by atoms with Crippen LogP contribution in [0.1, 0.15) is 78.0 Å². The first-order valence-corrected chi connectivity index (χ1v) is 13.4. The van der Waals surface area contributed by atoms with Gasteiger partial charge in [-0.25, -0.2) is 4.79 Å². The van der Waals surface area contributed by atoms with Crippen LogP contribution >= 0.6 is 0 Å². The summed E-state index contributed by atoms with van der Waals surface area (Å²) in [5.41, 5.74) is 0.690. The van der Waals surface area contributed by atoms with E-state index < -0.39 is 29.7 Å². The molecule has 3 amide bonds. The van der Waals surface area contributed by atoms with Gasteiger partial charge in [0.1, 0.15) is 23.4 Å². The average Bonchev–Trinajstić information content (AvgIpc) is 2.86. The predicted octanol–water partition coefficient (Wildman–Crippen LogP) is 5.11. The fourth-order valence-corrected chi connectivity index (χ4v) is 4.06. The zero-order chi connectivity index (χ0) is 28.3. The highest BCUT2D eigenvalue weighted by Crippen LogP contribution is 2.28. The maximum absolute atomic E-state index is 14.3. The molecule has 0 saturated carbocycles. The number of carbonyl (C=O) groups excluding carboxylic acids is 3. The van der Waals surface area contributed by atoms with Crippen molar-refractivity contribution in [1.82, 2.24) is 15.5 Å². The molecular weight excluding hydrogens is 482 g/mol. The Hall–Kier alpha value is -3.55. The summed E-state index contributed by atoms with van der Waals surface area (Å²) in [7, 11) is 0. The third-order valence-electron chi connectivity index (χ3n) is 6.16. The monoisotopic (exact) mass is 525 g/mol. The molecule has 0 radical (unpaired) electrons. The molecule has 2 aromatic rings. The topological polar surface area (TPSA) is 108 Å². The number of rotatable bonds is 12. The van der Waals surface area contributed by atoms with E-state index >= 15 is 0 Å². The summed E-state index contributed by atoms with van der Waals surface area (Å²) in [6.07, 6.45) is 1.84. The average molecular weight is 526 g/mol. The van der Waals surface area contributed by atoms with Gasteiger partial charge in [-0.1, -0.05) is 62.7 Å². The fourth-order valence-electron chi connectivity index (χ4n) is 4.06. The van der Waals surface area contributed by atoms with E-state index in [1.165, 1.54) is 12.1 Å². The maximum Gasteiger partial charge on any atom is 0.408 e. The molecule has 0 aliphatic heterocycles. The van der Waals surface area contributed by atoms with Gasteiger partial charge in [0.15, 0.2) is 0 Å². The second kappa shape index (κ2) is 14.4. The second-order valence-corrected chi connectivity index (χ2v) is 10.5. The molecule has 2 rings (SSSR count). The van der Waals surface area contributed by atoms with E-state index in [9.17, 15) is 19.5 Å². The van der Waals surface area contributed by atoms with Crippen LogP contribution in [0, 0.1) is 0 Å². The van der Waals surface area contributed by atoms with Crippen molar-refractivity contribution in [3.05, 3.63) is 65.7 Å². The van der Waals surface area contributed by atoms with Crippen molar-refractivity contribution in [2.24, 2.45) is 0 Å². The highest BCUT2D eigenvalue weighted by molar-refractivity contribution is 5.92. The van der Waals surface area contributed by atoms with Crippen LogP contribution in [0.3, 0.4) is 0 Å². The molecule has 8 heteroatoms. The Kier molecular flexibility index (Phi) is 11.6. The molecular formula is C30H43N3O5. The molecule has 3 N–H and O–H groups in total. The number of alkyl carbamates (subject to hydrolysis) is 1. The molecule has 2 aromatic carbocycles. The lowest BCUT2D eigenvalue weighted by atomic mass is 9.98. The number of nitrogens with one attached hydrogen (secondary N) is 2. The summed E-state index contributed by atoms with van der Waals surface area (Å²) in [5.74, 6) is -0.639. The van der Waals surface area contributed by atoms with Gasteiger partial charge in [0.25, 0.3) is 0 Å². The maximum atomic E-state index is 14.3. The van der Waals surface area contributed by atoms with Crippen LogP contribution in [0.15, 0.2) is 54.6 Å². The number of nitrogens with zero attached hydrogens (tertiary/aromatic N) is 1. The molecule has 0 fully saturated rings. The zero-order valence-corrected chi connectivity index (χ0v) is 23.5. The van der Waals surface area contributed by atoms with Crippen LogP contribution in [-0.4, -0.2) is 52.1 Å². The Morgan fingerprint density at radius 2 is 1.63 bits per heavy atom. The fraction of sp³-hybridized carbons (Fsp3) is 0.500. The van der Waals surface area contributed by atoms with Gasteiger partial charge < -0.3 is 25.4 Å². The Bertz CT molecular complexity index is 1030. The van der Waals surface area contributed by atoms with E-state index in [1.54, 1.807) is 37.8 Å². The Morgan fingerprint density at radius 1 is 1.00 bits per heavy atom. The minimum absolute atomic E-state index is 0.0638. The number of ether oxygens (including phenoxy) is 1. The summed E-state index contributed by atoms with van der Waals surface area (Å²) in [6.45, 7) is 11.6. The van der Waals surface area contributed by atoms with Gasteiger partial charge >= 0.3 is 6.09 Å². The number of unbranched alkanes of at least 4 members (excludes halogenated alkanes) is 1. The largest absolute Gasteiger partial charge is 0.508 e. The van der Waals surface area contributed by atoms with E-state index in [-0.39, 0.29) is 24.1 Å². The molecule has 0 aromatic heterocycles. The van der Waals surface area contributed by atoms with Crippen LogP contribution in [0.25, 0.3) is 0 Å². The minimum Gasteiger partial charge on any atom is -0.508 e. The first-order chi connectivity index (χ1) is 18.0. The van der Waals surface area contributed by atoms with Gasteiger partial charge in [-0.15, -0.1) is 0 Å². The lowest BCUT2D eigenvalue weighted by Crippen LogP contribution is -2.56. The Labute approximate surface area is 226 Å². The summed E-state index contributed by atoms with van der Waals surface area (Å²) in [4.78, 5) is 42.2. The molecule has 38 heavy (non-hydrogen) atoms. The Morgan fingerprint density at radius 3 is 2.18 bits per heavy atom. The highest BCUT2D eigenvalue weighted by atomic mass is 16.6. The zero-order valence-electron chi connectivity index (χ0n) is 23.5. The molecule has 0 bridgehead atoms. The molecule has 0 saturated heterocycles. The van der Waals surface area contributed by atoms with Crippen LogP contribution in [0.4, 0.5) is 4.79 Å². The van der Waals surface area contributed by atoms with Crippen molar-refractivity contribution >= 4 is 17.9 Å². The van der Waals surface area contributed by atoms with Crippen LogP contribution in [0.5, 0.6) is 5.75 Å². The van der Waals surface area contributed by atoms with Gasteiger partial charge in [-0.3, -0.25) is 9.59 Å². The first-order valence-electron chi connectivity index (χ1n) is 13.4. The van der Waals surface area contributed by atoms with Crippen LogP contribution in [0.2, 0.25) is 0 Å². The van der Waals surface area contributed by atoms with Crippen molar-refractivity contribution in [3.8, 4) is 5.75 Å². The lowest BCUT2D eigenvalue weighted by Gasteiger charge is -2.38.